The van der Waals surface area contributed by atoms with Crippen molar-refractivity contribution in [2.45, 2.75) is 143 Å². The molecule has 4 rings (SSSR count). The number of esters is 1. The minimum absolute atomic E-state index is 0.0506. The maximum Gasteiger partial charge on any atom is 0.411 e. The van der Waals surface area contributed by atoms with Crippen molar-refractivity contribution < 1.29 is 57.5 Å². The number of nitrogens with one attached hydrogen (secondary N) is 3. The standard InChI is InChI=1S/C30H42N2O7.C26H36N2O5/c1-6-13-25(27(33)34)32(29(36)39-30(3,4)5)20-22(2)38-26-18-11-10-16-24(26)17-12-19-31-28(35)37-21-23-14-8-7-9-15-23;1-4-11-23(25(29)31-3)28-18-20(2)33-24-16-9-8-14-22(24)15-10-17-27-26(30)32-19-21-12-6-5-7-13-21/h7-11,14-16,18,22,25H,6,12-13,17,19-21H2,1-5H3,(H,31,35)(H,33,34);5-9,12-14,16,20,23,28H,4,10-11,15,17-19H2,1-3H3,(H,27,30)/t22-,25+;20-,23+/m11/s1. The molecule has 0 unspecified atom stereocenters. The molecular formula is C56H78N4O12. The Kier molecular flexibility index (Phi) is 27.2. The van der Waals surface area contributed by atoms with Gasteiger partial charge >= 0.3 is 30.2 Å². The van der Waals surface area contributed by atoms with E-state index in [2.05, 4.69) is 16.0 Å². The molecule has 0 saturated carbocycles. The average molecular weight is 999 g/mol. The highest BCUT2D eigenvalue weighted by Gasteiger charge is 2.34. The summed E-state index contributed by atoms with van der Waals surface area (Å²) in [6.45, 7) is 14.9. The molecule has 0 aliphatic heterocycles. The maximum absolute atomic E-state index is 12.9. The van der Waals surface area contributed by atoms with Crippen LogP contribution in [-0.4, -0.2) is 103 Å². The highest BCUT2D eigenvalue weighted by Crippen LogP contribution is 2.24. The molecule has 0 fully saturated rings. The molecule has 16 heteroatoms. The van der Waals surface area contributed by atoms with Crippen LogP contribution < -0.4 is 25.4 Å². The molecule has 0 saturated heterocycles. The summed E-state index contributed by atoms with van der Waals surface area (Å²) in [6.07, 6.45) is 3.14. The first-order chi connectivity index (χ1) is 34.5. The summed E-state index contributed by atoms with van der Waals surface area (Å²) in [5, 5.41) is 18.6. The van der Waals surface area contributed by atoms with Gasteiger partial charge in [0.25, 0.3) is 0 Å². The first kappa shape index (κ1) is 59.5. The van der Waals surface area contributed by atoms with E-state index in [1.807, 2.05) is 130 Å². The summed E-state index contributed by atoms with van der Waals surface area (Å²) in [5.41, 5.74) is 3.12. The lowest BCUT2D eigenvalue weighted by Crippen LogP contribution is -2.50. The fourth-order valence-electron chi connectivity index (χ4n) is 7.31. The number of ether oxygens (including phenoxy) is 6. The second kappa shape index (κ2) is 33.0. The number of carboxylic acids is 1. The third-order valence-electron chi connectivity index (χ3n) is 10.8. The van der Waals surface area contributed by atoms with Gasteiger partial charge in [-0.2, -0.15) is 0 Å². The number of hydrogen-bond acceptors (Lipinski definition) is 12. The Balaban J connectivity index is 0.000000386. The van der Waals surface area contributed by atoms with Gasteiger partial charge in [-0.05, 0) is 108 Å². The fraction of sp³-hybridized carbons (Fsp3) is 0.482. The van der Waals surface area contributed by atoms with Crippen LogP contribution in [0, 0.1) is 0 Å². The highest BCUT2D eigenvalue weighted by atomic mass is 16.6. The molecule has 0 heterocycles. The minimum atomic E-state index is -1.08. The predicted octanol–water partition coefficient (Wildman–Crippen LogP) is 10.0. The van der Waals surface area contributed by atoms with Gasteiger partial charge in [0.2, 0.25) is 0 Å². The number of nitrogens with zero attached hydrogens (tertiary/aromatic N) is 1. The molecule has 4 atom stereocenters. The summed E-state index contributed by atoms with van der Waals surface area (Å²) in [4.78, 5) is 61.9. The van der Waals surface area contributed by atoms with Crippen LogP contribution in [0.3, 0.4) is 0 Å². The normalized spacial score (nSPS) is 12.6. The largest absolute Gasteiger partial charge is 0.489 e. The fourth-order valence-corrected chi connectivity index (χ4v) is 7.31. The van der Waals surface area contributed by atoms with Gasteiger partial charge in [-0.1, -0.05) is 124 Å². The van der Waals surface area contributed by atoms with Crippen molar-refractivity contribution in [2.24, 2.45) is 0 Å². The van der Waals surface area contributed by atoms with Gasteiger partial charge < -0.3 is 49.5 Å². The van der Waals surface area contributed by atoms with Crippen LogP contribution in [0.25, 0.3) is 0 Å². The second-order valence-corrected chi connectivity index (χ2v) is 18.3. The van der Waals surface area contributed by atoms with Crippen LogP contribution in [0.2, 0.25) is 0 Å². The number of methoxy groups -OCH3 is 1. The van der Waals surface area contributed by atoms with E-state index in [-0.39, 0.29) is 37.9 Å². The van der Waals surface area contributed by atoms with E-state index in [9.17, 15) is 29.1 Å². The number of hydrogen-bond donors (Lipinski definition) is 4. The van der Waals surface area contributed by atoms with E-state index < -0.39 is 42.0 Å². The summed E-state index contributed by atoms with van der Waals surface area (Å²) in [7, 11) is 1.40. The molecular weight excluding hydrogens is 921 g/mol. The van der Waals surface area contributed by atoms with Crippen molar-refractivity contribution in [1.29, 1.82) is 0 Å². The number of carboxylic acid groups (broad SMARTS) is 1. The molecule has 4 aromatic carbocycles. The van der Waals surface area contributed by atoms with Gasteiger partial charge in [-0.15, -0.1) is 0 Å². The minimum Gasteiger partial charge on any atom is -0.489 e. The number of para-hydroxylation sites is 2. The van der Waals surface area contributed by atoms with E-state index in [0.717, 1.165) is 53.7 Å². The number of amides is 3. The van der Waals surface area contributed by atoms with E-state index in [1.54, 1.807) is 27.7 Å². The lowest BCUT2D eigenvalue weighted by molar-refractivity contribution is -0.144. The molecule has 3 amide bonds. The van der Waals surface area contributed by atoms with Crippen molar-refractivity contribution in [2.75, 3.05) is 33.3 Å². The summed E-state index contributed by atoms with van der Waals surface area (Å²) in [6, 6.07) is 33.1. The molecule has 0 radical (unpaired) electrons. The third-order valence-corrected chi connectivity index (χ3v) is 10.8. The van der Waals surface area contributed by atoms with Crippen LogP contribution >= 0.6 is 0 Å². The molecule has 16 nitrogen and oxygen atoms in total. The Labute approximate surface area is 426 Å². The topological polar surface area (TPSA) is 200 Å². The van der Waals surface area contributed by atoms with E-state index >= 15 is 0 Å². The van der Waals surface area contributed by atoms with Crippen LogP contribution in [0.1, 0.15) is 109 Å². The number of benzene rings is 4. The summed E-state index contributed by atoms with van der Waals surface area (Å²) >= 11 is 0. The van der Waals surface area contributed by atoms with Gasteiger partial charge in [0.1, 0.15) is 54.6 Å². The zero-order chi connectivity index (χ0) is 52.7. The first-order valence-corrected chi connectivity index (χ1v) is 24.9. The monoisotopic (exact) mass is 999 g/mol. The zero-order valence-electron chi connectivity index (χ0n) is 43.5. The number of aryl methyl sites for hydroxylation is 2. The highest BCUT2D eigenvalue weighted by molar-refractivity contribution is 5.80. The van der Waals surface area contributed by atoms with Crippen LogP contribution in [-0.2, 0) is 54.6 Å². The quantitative estimate of drug-likeness (QED) is 0.0238. The Bertz CT molecular complexity index is 2200. The average Bonchev–Trinajstić information content (AvgIpc) is 3.36. The van der Waals surface area contributed by atoms with Crippen LogP contribution in [0.15, 0.2) is 109 Å². The number of rotatable bonds is 28. The van der Waals surface area contributed by atoms with E-state index in [1.165, 1.54) is 12.0 Å². The molecule has 0 aliphatic rings. The lowest BCUT2D eigenvalue weighted by atomic mass is 10.1. The van der Waals surface area contributed by atoms with Gasteiger partial charge in [-0.25, -0.2) is 19.2 Å². The van der Waals surface area contributed by atoms with Crippen molar-refractivity contribution in [3.05, 3.63) is 131 Å². The van der Waals surface area contributed by atoms with Gasteiger partial charge in [0.05, 0.1) is 13.7 Å². The van der Waals surface area contributed by atoms with E-state index in [0.29, 0.717) is 51.1 Å². The van der Waals surface area contributed by atoms with Gasteiger partial charge in [-0.3, -0.25) is 9.69 Å². The zero-order valence-corrected chi connectivity index (χ0v) is 43.5. The molecule has 0 spiro atoms. The first-order valence-electron chi connectivity index (χ1n) is 24.9. The Hall–Kier alpha value is -6.81. The molecule has 72 heavy (non-hydrogen) atoms. The van der Waals surface area contributed by atoms with E-state index in [4.69, 9.17) is 28.4 Å². The molecule has 394 valence electrons. The Morgan fingerprint density at radius 2 is 1.10 bits per heavy atom. The van der Waals surface area contributed by atoms with Crippen molar-refractivity contribution in [3.63, 3.8) is 0 Å². The second-order valence-electron chi connectivity index (χ2n) is 18.3. The number of carbonyl (C=O) groups excluding carboxylic acids is 4. The van der Waals surface area contributed by atoms with Gasteiger partial charge in [0.15, 0.2) is 0 Å². The number of alkyl carbamates (subject to hydrolysis) is 2. The summed E-state index contributed by atoms with van der Waals surface area (Å²) in [5.74, 6) is 0.121. The molecule has 0 aliphatic carbocycles. The Morgan fingerprint density at radius 3 is 1.54 bits per heavy atom. The smallest absolute Gasteiger partial charge is 0.411 e. The Morgan fingerprint density at radius 1 is 0.639 bits per heavy atom. The van der Waals surface area contributed by atoms with Crippen LogP contribution in [0.5, 0.6) is 11.5 Å². The van der Waals surface area contributed by atoms with Crippen molar-refractivity contribution in [3.8, 4) is 11.5 Å². The van der Waals surface area contributed by atoms with Gasteiger partial charge in [0, 0.05) is 19.6 Å². The predicted molar refractivity (Wildman–Crippen MR) is 277 cm³/mol. The maximum atomic E-state index is 12.9. The molecule has 0 bridgehead atoms. The SMILES string of the molecule is CCC[C@@H](C(=O)O)N(C[C@@H](C)Oc1ccccc1CCCNC(=O)OCc1ccccc1)C(=O)OC(C)(C)C.CCC[C@H](NC[C@@H](C)Oc1ccccc1CCCNC(=O)OCc1ccccc1)C(=O)OC. The number of aliphatic carboxylic acids is 1. The molecule has 4 aromatic rings. The lowest BCUT2D eigenvalue weighted by Gasteiger charge is -2.33. The van der Waals surface area contributed by atoms with Crippen LogP contribution in [0.4, 0.5) is 14.4 Å². The molecule has 4 N–H and O–H groups in total. The third kappa shape index (κ3) is 23.9. The van der Waals surface area contributed by atoms with Crippen molar-refractivity contribution >= 4 is 30.2 Å². The molecule has 0 aromatic heterocycles. The van der Waals surface area contributed by atoms with Crippen molar-refractivity contribution in [1.82, 2.24) is 20.9 Å². The number of carbonyl (C=O) groups is 5. The summed E-state index contributed by atoms with van der Waals surface area (Å²) < 4.78 is 33.1.